The second kappa shape index (κ2) is 3.82. The quantitative estimate of drug-likeness (QED) is 0.734. The van der Waals surface area contributed by atoms with Crippen LogP contribution in [0, 0.1) is 0 Å². The maximum Gasteiger partial charge on any atom is 0.0480 e. The first-order valence-corrected chi connectivity index (χ1v) is 6.89. The van der Waals surface area contributed by atoms with Gasteiger partial charge in [0.15, 0.2) is 0 Å². The van der Waals surface area contributed by atoms with Gasteiger partial charge in [0.2, 0.25) is 0 Å². The molecular formula is C15H19NO. The third-order valence-corrected chi connectivity index (χ3v) is 4.76. The summed E-state index contributed by atoms with van der Waals surface area (Å²) < 4.78 is 5.50. The third kappa shape index (κ3) is 1.40. The van der Waals surface area contributed by atoms with Crippen molar-refractivity contribution in [2.75, 3.05) is 13.2 Å². The minimum Gasteiger partial charge on any atom is -0.381 e. The molecule has 17 heavy (non-hydrogen) atoms. The van der Waals surface area contributed by atoms with Gasteiger partial charge in [-0.15, -0.1) is 0 Å². The van der Waals surface area contributed by atoms with Gasteiger partial charge < -0.3 is 4.74 Å². The van der Waals surface area contributed by atoms with Crippen molar-refractivity contribution in [2.45, 2.75) is 43.8 Å². The van der Waals surface area contributed by atoms with Crippen LogP contribution in [0.1, 0.15) is 48.9 Å². The maximum absolute atomic E-state index is 5.50. The van der Waals surface area contributed by atoms with Crippen molar-refractivity contribution >= 4 is 0 Å². The van der Waals surface area contributed by atoms with Crippen LogP contribution in [-0.2, 0) is 4.74 Å². The molecule has 0 aromatic heterocycles. The highest BCUT2D eigenvalue weighted by Gasteiger charge is 2.46. The number of fused-ring (bicyclic) bond motifs is 5. The number of nitrogens with zero attached hydrogens (tertiary/aromatic N) is 1. The summed E-state index contributed by atoms with van der Waals surface area (Å²) in [6.45, 7) is 1.91. The summed E-state index contributed by atoms with van der Waals surface area (Å²) in [6.07, 6.45) is 5.17. The Morgan fingerprint density at radius 3 is 2.06 bits per heavy atom. The fourth-order valence-corrected chi connectivity index (χ4v) is 4.07. The topological polar surface area (TPSA) is 12.5 Å². The van der Waals surface area contributed by atoms with Crippen molar-refractivity contribution in [3.8, 4) is 0 Å². The molecule has 2 nitrogen and oxygen atoms in total. The Bertz CT molecular complexity index is 394. The average Bonchev–Trinajstić information content (AvgIpc) is 2.97. The fraction of sp³-hybridized carbons (Fsp3) is 0.600. The predicted molar refractivity (Wildman–Crippen MR) is 66.8 cm³/mol. The minimum absolute atomic E-state index is 0.708. The van der Waals surface area contributed by atoms with Gasteiger partial charge in [0, 0.05) is 31.3 Å². The molecule has 2 unspecified atom stereocenters. The zero-order valence-electron chi connectivity index (χ0n) is 10.1. The zero-order valence-corrected chi connectivity index (χ0v) is 10.1. The van der Waals surface area contributed by atoms with Crippen LogP contribution in [0.2, 0.25) is 0 Å². The molecular weight excluding hydrogens is 210 g/mol. The number of hydrogen-bond donors (Lipinski definition) is 0. The Labute approximate surface area is 103 Å². The summed E-state index contributed by atoms with van der Waals surface area (Å²) in [5.41, 5.74) is 3.21. The van der Waals surface area contributed by atoms with Crippen molar-refractivity contribution in [2.24, 2.45) is 0 Å². The molecule has 3 aliphatic rings. The molecule has 3 heterocycles. The molecule has 0 N–H and O–H groups in total. The molecule has 0 amide bonds. The van der Waals surface area contributed by atoms with Gasteiger partial charge in [-0.3, -0.25) is 4.90 Å². The van der Waals surface area contributed by atoms with E-state index < -0.39 is 0 Å². The highest BCUT2D eigenvalue weighted by molar-refractivity contribution is 5.40. The van der Waals surface area contributed by atoms with Crippen molar-refractivity contribution in [3.63, 3.8) is 0 Å². The third-order valence-electron chi connectivity index (χ3n) is 4.76. The largest absolute Gasteiger partial charge is 0.381 e. The number of benzene rings is 1. The van der Waals surface area contributed by atoms with Gasteiger partial charge in [0.05, 0.1) is 0 Å². The normalized spacial score (nSPS) is 32.9. The van der Waals surface area contributed by atoms with Gasteiger partial charge in [-0.1, -0.05) is 24.3 Å². The minimum atomic E-state index is 0.708. The van der Waals surface area contributed by atoms with Crippen molar-refractivity contribution < 1.29 is 4.74 Å². The lowest BCUT2D eigenvalue weighted by atomic mass is 9.92. The van der Waals surface area contributed by atoms with E-state index in [0.29, 0.717) is 12.1 Å². The van der Waals surface area contributed by atoms with Gasteiger partial charge in [-0.05, 0) is 36.8 Å². The fourth-order valence-electron chi connectivity index (χ4n) is 4.07. The summed E-state index contributed by atoms with van der Waals surface area (Å²) in [4.78, 5) is 2.80. The lowest BCUT2D eigenvalue weighted by Gasteiger charge is -2.34. The average molecular weight is 229 g/mol. The standard InChI is InChI=1S/C15H19NO/c1-2-4-13-12(3-1)14-5-6-15(13)16(14)11-7-9-17-10-8-11/h1-4,11,14-15H,5-10H2. The number of ether oxygens (including phenoxy) is 1. The first-order chi connectivity index (χ1) is 8.45. The van der Waals surface area contributed by atoms with E-state index >= 15 is 0 Å². The van der Waals surface area contributed by atoms with Gasteiger partial charge in [-0.2, -0.15) is 0 Å². The molecule has 4 rings (SSSR count). The first-order valence-electron chi connectivity index (χ1n) is 6.89. The molecule has 0 aliphatic carbocycles. The van der Waals surface area contributed by atoms with E-state index in [-0.39, 0.29) is 0 Å². The van der Waals surface area contributed by atoms with E-state index in [1.54, 1.807) is 11.1 Å². The van der Waals surface area contributed by atoms with Crippen LogP contribution in [0.4, 0.5) is 0 Å². The van der Waals surface area contributed by atoms with Crippen molar-refractivity contribution in [1.29, 1.82) is 0 Å². The van der Waals surface area contributed by atoms with Crippen LogP contribution in [0.15, 0.2) is 24.3 Å². The molecule has 2 atom stereocenters. The first kappa shape index (κ1) is 10.1. The molecule has 2 saturated heterocycles. The Kier molecular flexibility index (Phi) is 2.27. The van der Waals surface area contributed by atoms with Crippen LogP contribution in [0.5, 0.6) is 0 Å². The van der Waals surface area contributed by atoms with E-state index in [1.807, 2.05) is 0 Å². The Hall–Kier alpha value is -0.860. The van der Waals surface area contributed by atoms with Crippen LogP contribution in [0.3, 0.4) is 0 Å². The van der Waals surface area contributed by atoms with Crippen LogP contribution in [0.25, 0.3) is 0 Å². The van der Waals surface area contributed by atoms with Gasteiger partial charge >= 0.3 is 0 Å². The number of rotatable bonds is 1. The van der Waals surface area contributed by atoms with Crippen LogP contribution in [-0.4, -0.2) is 24.2 Å². The van der Waals surface area contributed by atoms with Gasteiger partial charge in [0.25, 0.3) is 0 Å². The van der Waals surface area contributed by atoms with E-state index in [0.717, 1.165) is 19.3 Å². The predicted octanol–water partition coefficient (Wildman–Crippen LogP) is 3.06. The lowest BCUT2D eigenvalue weighted by Crippen LogP contribution is -2.37. The van der Waals surface area contributed by atoms with E-state index in [4.69, 9.17) is 4.74 Å². The SMILES string of the molecule is c1ccc2c(c1)C1CCC2N1C1CCOCC1. The summed E-state index contributed by atoms with van der Waals surface area (Å²) in [5, 5.41) is 0. The highest BCUT2D eigenvalue weighted by atomic mass is 16.5. The molecule has 2 heteroatoms. The zero-order chi connectivity index (χ0) is 11.2. The van der Waals surface area contributed by atoms with Crippen LogP contribution < -0.4 is 0 Å². The summed E-state index contributed by atoms with van der Waals surface area (Å²) >= 11 is 0. The Balaban J connectivity index is 1.68. The molecule has 0 radical (unpaired) electrons. The second-order valence-electron chi connectivity index (χ2n) is 5.53. The second-order valence-corrected chi connectivity index (χ2v) is 5.53. The molecule has 2 fully saturated rings. The Morgan fingerprint density at radius 1 is 0.882 bits per heavy atom. The summed E-state index contributed by atoms with van der Waals surface area (Å²) in [6, 6.07) is 11.2. The monoisotopic (exact) mass is 229 g/mol. The molecule has 2 bridgehead atoms. The maximum atomic E-state index is 5.50. The molecule has 90 valence electrons. The molecule has 1 aromatic rings. The molecule has 3 aliphatic heterocycles. The van der Waals surface area contributed by atoms with Crippen LogP contribution >= 0.6 is 0 Å². The molecule has 0 spiro atoms. The summed E-state index contributed by atoms with van der Waals surface area (Å²) in [7, 11) is 0. The summed E-state index contributed by atoms with van der Waals surface area (Å²) in [5.74, 6) is 0. The smallest absolute Gasteiger partial charge is 0.0480 e. The van der Waals surface area contributed by atoms with E-state index in [9.17, 15) is 0 Å². The number of hydrogen-bond acceptors (Lipinski definition) is 2. The molecule has 0 saturated carbocycles. The highest BCUT2D eigenvalue weighted by Crippen LogP contribution is 2.54. The molecule has 1 aromatic carbocycles. The lowest BCUT2D eigenvalue weighted by molar-refractivity contribution is 0.0199. The van der Waals surface area contributed by atoms with Crippen molar-refractivity contribution in [3.05, 3.63) is 35.4 Å². The van der Waals surface area contributed by atoms with E-state index in [1.165, 1.54) is 25.7 Å². The Morgan fingerprint density at radius 2 is 1.47 bits per heavy atom. The van der Waals surface area contributed by atoms with Gasteiger partial charge in [0.1, 0.15) is 0 Å². The van der Waals surface area contributed by atoms with Crippen molar-refractivity contribution in [1.82, 2.24) is 4.90 Å². The van der Waals surface area contributed by atoms with E-state index in [2.05, 4.69) is 29.2 Å². The van der Waals surface area contributed by atoms with Gasteiger partial charge in [-0.25, -0.2) is 0 Å².